The molecule has 0 bridgehead atoms. The third-order valence-electron chi connectivity index (χ3n) is 6.77. The Morgan fingerprint density at radius 2 is 1.97 bits per heavy atom. The van der Waals surface area contributed by atoms with E-state index < -0.39 is 0 Å². The molecule has 1 aliphatic rings. The number of aryl methyl sites for hydroxylation is 1. The zero-order valence-corrected chi connectivity index (χ0v) is 21.6. The number of rotatable bonds is 7. The maximum atomic E-state index is 12.7. The molecule has 1 atom stereocenters. The molecule has 1 radical (unpaired) electrons. The number of fused-ring (bicyclic) bond motifs is 1. The van der Waals surface area contributed by atoms with Gasteiger partial charge in [0.2, 0.25) is 0 Å². The van der Waals surface area contributed by atoms with E-state index in [0.717, 1.165) is 48.3 Å². The molecule has 8 heteroatoms. The van der Waals surface area contributed by atoms with Gasteiger partial charge in [0.15, 0.2) is 0 Å². The van der Waals surface area contributed by atoms with Gasteiger partial charge in [0.1, 0.15) is 5.65 Å². The molecular formula is C27H33ClN5O2. The van der Waals surface area contributed by atoms with E-state index in [0.29, 0.717) is 23.7 Å². The summed E-state index contributed by atoms with van der Waals surface area (Å²) in [5, 5.41) is 4.37. The second kappa shape index (κ2) is 10.3. The van der Waals surface area contributed by atoms with E-state index in [1.165, 1.54) is 0 Å². The fraction of sp³-hybridized carbons (Fsp3) is 0.444. The second-order valence-electron chi connectivity index (χ2n) is 10.1. The molecule has 0 spiro atoms. The molecule has 1 fully saturated rings. The number of aromatic nitrogens is 2. The van der Waals surface area contributed by atoms with E-state index in [1.54, 1.807) is 17.2 Å². The molecule has 2 aromatic heterocycles. The van der Waals surface area contributed by atoms with Crippen molar-refractivity contribution in [1.82, 2.24) is 19.8 Å². The van der Waals surface area contributed by atoms with Crippen molar-refractivity contribution >= 4 is 40.6 Å². The topological polar surface area (TPSA) is 70.5 Å². The summed E-state index contributed by atoms with van der Waals surface area (Å²) in [6.45, 7) is 12.1. The Kier molecular flexibility index (Phi) is 7.36. The number of carbonyl (C=O) groups excluding carboxylic acids is 2. The molecule has 3 aromatic rings. The van der Waals surface area contributed by atoms with Crippen LogP contribution in [0.2, 0.25) is 5.02 Å². The quantitative estimate of drug-likeness (QED) is 0.532. The summed E-state index contributed by atoms with van der Waals surface area (Å²) in [5.41, 5.74) is 3.57. The summed E-state index contributed by atoms with van der Waals surface area (Å²) >= 11 is 6.32. The van der Waals surface area contributed by atoms with E-state index in [-0.39, 0.29) is 17.4 Å². The summed E-state index contributed by atoms with van der Waals surface area (Å²) in [6.07, 6.45) is 6.28. The van der Waals surface area contributed by atoms with Crippen molar-refractivity contribution in [2.24, 2.45) is 5.41 Å². The number of amides is 2. The summed E-state index contributed by atoms with van der Waals surface area (Å²) < 4.78 is 1.97. The third-order valence-corrected chi connectivity index (χ3v) is 7.07. The SMILES string of the molecule is CCn1cc(Cl)c2cc(C(=O)NCCc3ccc(N4CCN([C]=O)C(C(C)(C)C)C4)cc3)cnc21. The number of piperazine rings is 1. The number of benzene rings is 1. The minimum Gasteiger partial charge on any atom is -0.368 e. The predicted octanol–water partition coefficient (Wildman–Crippen LogP) is 4.29. The average Bonchev–Trinajstić information content (AvgIpc) is 3.18. The van der Waals surface area contributed by atoms with Crippen LogP contribution in [0.1, 0.15) is 43.6 Å². The zero-order chi connectivity index (χ0) is 25.2. The van der Waals surface area contributed by atoms with Gasteiger partial charge in [-0.25, -0.2) is 4.98 Å². The van der Waals surface area contributed by atoms with Crippen LogP contribution in [-0.4, -0.2) is 59.0 Å². The zero-order valence-electron chi connectivity index (χ0n) is 20.8. The predicted molar refractivity (Wildman–Crippen MR) is 141 cm³/mol. The van der Waals surface area contributed by atoms with Crippen LogP contribution in [0.4, 0.5) is 5.69 Å². The molecule has 1 saturated heterocycles. The van der Waals surface area contributed by atoms with Gasteiger partial charge in [0, 0.05) is 56.2 Å². The Labute approximate surface area is 212 Å². The third kappa shape index (κ3) is 5.45. The molecule has 1 aromatic carbocycles. The standard InChI is InChI=1S/C27H33ClN5O2/c1-5-31-16-23(28)22-14-20(15-30-25(22)31)26(35)29-11-10-19-6-8-21(9-7-19)32-12-13-33(18-34)24(17-32)27(2,3)4/h6-9,14-16,24H,5,10-13,17H2,1-4H3,(H,29,35). The number of hydrogen-bond donors (Lipinski definition) is 1. The Morgan fingerprint density at radius 3 is 2.63 bits per heavy atom. The Balaban J connectivity index is 1.33. The van der Waals surface area contributed by atoms with Crippen LogP contribution in [0.25, 0.3) is 11.0 Å². The minimum absolute atomic E-state index is 0.0143. The van der Waals surface area contributed by atoms with Gasteiger partial charge >= 0.3 is 6.41 Å². The van der Waals surface area contributed by atoms with Crippen molar-refractivity contribution in [3.8, 4) is 0 Å². The van der Waals surface area contributed by atoms with Crippen LogP contribution in [0.15, 0.2) is 42.7 Å². The highest BCUT2D eigenvalue weighted by Gasteiger charge is 2.35. The number of halogens is 1. The Morgan fingerprint density at radius 1 is 1.23 bits per heavy atom. The van der Waals surface area contributed by atoms with Gasteiger partial charge in [-0.3, -0.25) is 9.59 Å². The Bertz CT molecular complexity index is 1200. The first-order valence-electron chi connectivity index (χ1n) is 12.1. The van der Waals surface area contributed by atoms with E-state index in [9.17, 15) is 9.59 Å². The van der Waals surface area contributed by atoms with Crippen LogP contribution in [0, 0.1) is 5.41 Å². The van der Waals surface area contributed by atoms with E-state index in [1.807, 2.05) is 17.7 Å². The van der Waals surface area contributed by atoms with Crippen molar-refractivity contribution < 1.29 is 9.59 Å². The largest absolute Gasteiger partial charge is 0.368 e. The van der Waals surface area contributed by atoms with Gasteiger partial charge < -0.3 is 19.7 Å². The van der Waals surface area contributed by atoms with E-state index in [2.05, 4.69) is 66.6 Å². The van der Waals surface area contributed by atoms with Crippen LogP contribution >= 0.6 is 11.6 Å². The van der Waals surface area contributed by atoms with E-state index in [4.69, 9.17) is 11.6 Å². The lowest BCUT2D eigenvalue weighted by Crippen LogP contribution is -2.57. The average molecular weight is 495 g/mol. The number of hydrogen-bond acceptors (Lipinski definition) is 4. The first-order chi connectivity index (χ1) is 16.7. The van der Waals surface area contributed by atoms with Crippen molar-refractivity contribution in [2.75, 3.05) is 31.1 Å². The number of nitrogens with zero attached hydrogens (tertiary/aromatic N) is 4. The van der Waals surface area contributed by atoms with Crippen LogP contribution in [-0.2, 0) is 17.8 Å². The molecule has 0 saturated carbocycles. The molecular weight excluding hydrogens is 462 g/mol. The lowest BCUT2D eigenvalue weighted by atomic mass is 9.84. The van der Waals surface area contributed by atoms with Crippen molar-refractivity contribution in [1.29, 1.82) is 0 Å². The molecule has 4 rings (SSSR count). The van der Waals surface area contributed by atoms with Crippen molar-refractivity contribution in [2.45, 2.75) is 46.7 Å². The molecule has 185 valence electrons. The van der Waals surface area contributed by atoms with Crippen LogP contribution in [0.5, 0.6) is 0 Å². The molecule has 35 heavy (non-hydrogen) atoms. The number of nitrogens with one attached hydrogen (secondary N) is 1. The van der Waals surface area contributed by atoms with E-state index >= 15 is 0 Å². The molecule has 7 nitrogen and oxygen atoms in total. The summed E-state index contributed by atoms with van der Waals surface area (Å²) in [5.74, 6) is -0.158. The molecule has 3 heterocycles. The highest BCUT2D eigenvalue weighted by molar-refractivity contribution is 6.35. The molecule has 1 N–H and O–H groups in total. The normalized spacial score (nSPS) is 16.5. The van der Waals surface area contributed by atoms with Gasteiger partial charge in [0.05, 0.1) is 16.6 Å². The maximum Gasteiger partial charge on any atom is 0.312 e. The molecule has 1 aliphatic heterocycles. The second-order valence-corrected chi connectivity index (χ2v) is 10.6. The highest BCUT2D eigenvalue weighted by Crippen LogP contribution is 2.29. The highest BCUT2D eigenvalue weighted by atomic mass is 35.5. The fourth-order valence-corrected chi connectivity index (χ4v) is 4.92. The van der Waals surface area contributed by atoms with Gasteiger partial charge in [-0.15, -0.1) is 0 Å². The van der Waals surface area contributed by atoms with Crippen LogP contribution in [0.3, 0.4) is 0 Å². The van der Waals surface area contributed by atoms with Crippen molar-refractivity contribution in [3.63, 3.8) is 0 Å². The van der Waals surface area contributed by atoms with Crippen LogP contribution < -0.4 is 10.2 Å². The summed E-state index contributed by atoms with van der Waals surface area (Å²) in [6, 6.07) is 10.4. The fourth-order valence-electron chi connectivity index (χ4n) is 4.66. The first-order valence-corrected chi connectivity index (χ1v) is 12.5. The summed E-state index contributed by atoms with van der Waals surface area (Å²) in [7, 11) is 0. The lowest BCUT2D eigenvalue weighted by molar-refractivity contribution is 0.0954. The Hall–Kier alpha value is -3.06. The van der Waals surface area contributed by atoms with Gasteiger partial charge in [0.25, 0.3) is 5.91 Å². The van der Waals surface area contributed by atoms with Gasteiger partial charge in [-0.2, -0.15) is 0 Å². The first kappa shape index (κ1) is 25.0. The lowest BCUT2D eigenvalue weighted by Gasteiger charge is -2.46. The number of anilines is 1. The van der Waals surface area contributed by atoms with Gasteiger partial charge in [-0.05, 0) is 42.5 Å². The minimum atomic E-state index is -0.158. The number of pyridine rings is 1. The van der Waals surface area contributed by atoms with Gasteiger partial charge in [-0.1, -0.05) is 44.5 Å². The smallest absolute Gasteiger partial charge is 0.312 e. The molecule has 0 aliphatic carbocycles. The maximum absolute atomic E-state index is 12.7. The number of carbonyl (C=O) groups is 1. The molecule has 1 unspecified atom stereocenters. The molecule has 2 amide bonds. The van der Waals surface area contributed by atoms with Crippen molar-refractivity contribution in [3.05, 3.63) is 58.9 Å². The monoisotopic (exact) mass is 494 g/mol. The summed E-state index contributed by atoms with van der Waals surface area (Å²) in [4.78, 5) is 32.6.